The minimum atomic E-state index is -2.39. The van der Waals surface area contributed by atoms with E-state index >= 15 is 0 Å². The molecule has 24 heavy (non-hydrogen) atoms. The van der Waals surface area contributed by atoms with Crippen molar-refractivity contribution in [3.05, 3.63) is 48.3 Å². The summed E-state index contributed by atoms with van der Waals surface area (Å²) >= 11 is 1.50. The SMILES string of the molecule is O=C(NCCC[SH](=O)=O)c1ccc2nc(-c3cccnc3)sc2c1. The zero-order chi connectivity index (χ0) is 16.9. The van der Waals surface area contributed by atoms with Gasteiger partial charge in [0, 0.05) is 35.8 Å². The van der Waals surface area contributed by atoms with Gasteiger partial charge in [0.05, 0.1) is 10.2 Å². The second kappa shape index (κ2) is 7.50. The molecule has 0 aliphatic heterocycles. The van der Waals surface area contributed by atoms with Crippen LogP contribution in [0.4, 0.5) is 0 Å². The first-order valence-electron chi connectivity index (χ1n) is 7.34. The molecular formula is C16H15N3O3S2. The highest BCUT2D eigenvalue weighted by Crippen LogP contribution is 2.30. The van der Waals surface area contributed by atoms with Gasteiger partial charge in [0.1, 0.15) is 15.7 Å². The van der Waals surface area contributed by atoms with Gasteiger partial charge in [0.25, 0.3) is 5.91 Å². The van der Waals surface area contributed by atoms with Crippen LogP contribution in [-0.2, 0) is 10.7 Å². The first-order valence-corrected chi connectivity index (χ1v) is 9.52. The number of pyridine rings is 1. The Bertz CT molecular complexity index is 928. The Kier molecular flexibility index (Phi) is 5.17. The molecule has 0 bridgehead atoms. The van der Waals surface area contributed by atoms with E-state index in [1.165, 1.54) is 11.3 Å². The Morgan fingerprint density at radius 3 is 2.88 bits per heavy atom. The molecule has 1 aromatic carbocycles. The van der Waals surface area contributed by atoms with Gasteiger partial charge in [-0.1, -0.05) is 0 Å². The van der Waals surface area contributed by atoms with Crippen LogP contribution in [0.2, 0.25) is 0 Å². The zero-order valence-corrected chi connectivity index (χ0v) is 14.3. The van der Waals surface area contributed by atoms with E-state index in [0.29, 0.717) is 18.5 Å². The van der Waals surface area contributed by atoms with Crippen LogP contribution in [-0.4, -0.2) is 36.6 Å². The lowest BCUT2D eigenvalue weighted by Gasteiger charge is -2.03. The molecule has 2 aromatic heterocycles. The van der Waals surface area contributed by atoms with E-state index in [9.17, 15) is 13.2 Å². The number of hydrogen-bond donors (Lipinski definition) is 2. The molecule has 3 aromatic rings. The molecule has 0 radical (unpaired) electrons. The summed E-state index contributed by atoms with van der Waals surface area (Å²) in [6.07, 6.45) is 3.88. The smallest absolute Gasteiger partial charge is 0.251 e. The van der Waals surface area contributed by atoms with Crippen LogP contribution in [0.3, 0.4) is 0 Å². The molecule has 0 saturated carbocycles. The minimum Gasteiger partial charge on any atom is -0.352 e. The summed E-state index contributed by atoms with van der Waals surface area (Å²) in [6.45, 7) is 0.337. The summed E-state index contributed by atoms with van der Waals surface area (Å²) < 4.78 is 21.9. The van der Waals surface area contributed by atoms with Crippen LogP contribution in [0.1, 0.15) is 16.8 Å². The van der Waals surface area contributed by atoms with E-state index in [2.05, 4.69) is 15.3 Å². The highest BCUT2D eigenvalue weighted by Gasteiger charge is 2.10. The van der Waals surface area contributed by atoms with Crippen LogP contribution < -0.4 is 5.32 Å². The van der Waals surface area contributed by atoms with Crippen molar-refractivity contribution < 1.29 is 13.2 Å². The summed E-state index contributed by atoms with van der Waals surface area (Å²) in [6, 6.07) is 9.14. The number of fused-ring (bicyclic) bond motifs is 1. The molecule has 0 spiro atoms. The predicted octanol–water partition coefficient (Wildman–Crippen LogP) is 2.09. The third kappa shape index (κ3) is 3.95. The van der Waals surface area contributed by atoms with Crippen LogP contribution >= 0.6 is 11.3 Å². The van der Waals surface area contributed by atoms with Crippen molar-refractivity contribution in [1.29, 1.82) is 0 Å². The molecule has 3 rings (SSSR count). The second-order valence-electron chi connectivity index (χ2n) is 5.11. The Morgan fingerprint density at radius 1 is 1.25 bits per heavy atom. The number of benzene rings is 1. The number of thiazole rings is 1. The first kappa shape index (κ1) is 16.5. The average molecular weight is 361 g/mol. The van der Waals surface area contributed by atoms with E-state index in [1.54, 1.807) is 24.5 Å². The van der Waals surface area contributed by atoms with E-state index in [1.807, 2.05) is 18.2 Å². The maximum atomic E-state index is 12.1. The van der Waals surface area contributed by atoms with E-state index in [0.717, 1.165) is 20.8 Å². The molecule has 0 saturated heterocycles. The standard InChI is InChI=1S/C16H15N3O3S2/c20-15(18-7-2-8-24(21)22)11-4-5-13-14(9-11)23-16(19-13)12-3-1-6-17-10-12/h1,3-6,9-10,24H,2,7-8H2,(H,18,20). The van der Waals surface area contributed by atoms with Crippen molar-refractivity contribution in [2.24, 2.45) is 0 Å². The maximum absolute atomic E-state index is 12.1. The van der Waals surface area contributed by atoms with Gasteiger partial charge in [-0.25, -0.2) is 13.4 Å². The molecule has 0 fully saturated rings. The fourth-order valence-electron chi connectivity index (χ4n) is 2.19. The Morgan fingerprint density at radius 2 is 2.12 bits per heavy atom. The van der Waals surface area contributed by atoms with E-state index in [-0.39, 0.29) is 11.7 Å². The fraction of sp³-hybridized carbons (Fsp3) is 0.188. The fourth-order valence-corrected chi connectivity index (χ4v) is 3.60. The van der Waals surface area contributed by atoms with Gasteiger partial charge < -0.3 is 5.32 Å². The molecule has 6 nitrogen and oxygen atoms in total. The lowest BCUT2D eigenvalue weighted by molar-refractivity contribution is 0.0954. The number of nitrogens with zero attached hydrogens (tertiary/aromatic N) is 2. The van der Waals surface area contributed by atoms with Crippen molar-refractivity contribution >= 4 is 38.2 Å². The van der Waals surface area contributed by atoms with Crippen molar-refractivity contribution in [2.75, 3.05) is 12.3 Å². The third-order valence-corrected chi connectivity index (χ3v) is 5.11. The zero-order valence-electron chi connectivity index (χ0n) is 12.6. The van der Waals surface area contributed by atoms with Crippen molar-refractivity contribution in [3.63, 3.8) is 0 Å². The lowest BCUT2D eigenvalue weighted by atomic mass is 10.2. The molecule has 0 aliphatic rings. The molecule has 124 valence electrons. The van der Waals surface area contributed by atoms with Crippen LogP contribution in [0.15, 0.2) is 42.7 Å². The Balaban J connectivity index is 1.75. The molecule has 0 atom stereocenters. The van der Waals surface area contributed by atoms with Crippen molar-refractivity contribution in [1.82, 2.24) is 15.3 Å². The van der Waals surface area contributed by atoms with Gasteiger partial charge in [-0.2, -0.15) is 0 Å². The quantitative estimate of drug-likeness (QED) is 0.518. The molecule has 0 aliphatic carbocycles. The third-order valence-electron chi connectivity index (χ3n) is 3.36. The number of aromatic nitrogens is 2. The average Bonchev–Trinajstić information content (AvgIpc) is 3.02. The van der Waals surface area contributed by atoms with Gasteiger partial charge in [0.2, 0.25) is 0 Å². The number of thiol groups is 1. The van der Waals surface area contributed by atoms with E-state index < -0.39 is 10.7 Å². The topological polar surface area (TPSA) is 89.0 Å². The van der Waals surface area contributed by atoms with Gasteiger partial charge in [0.15, 0.2) is 0 Å². The van der Waals surface area contributed by atoms with Crippen LogP contribution in [0.25, 0.3) is 20.8 Å². The summed E-state index contributed by atoms with van der Waals surface area (Å²) in [5, 5.41) is 3.58. The highest BCUT2D eigenvalue weighted by molar-refractivity contribution is 7.72. The monoisotopic (exact) mass is 361 g/mol. The number of amides is 1. The number of carbonyl (C=O) groups excluding carboxylic acids is 1. The number of nitrogens with one attached hydrogen (secondary N) is 1. The molecule has 1 amide bonds. The number of rotatable bonds is 6. The Hall–Kier alpha value is -2.32. The van der Waals surface area contributed by atoms with Crippen LogP contribution in [0, 0.1) is 0 Å². The van der Waals surface area contributed by atoms with Crippen molar-refractivity contribution in [2.45, 2.75) is 6.42 Å². The van der Waals surface area contributed by atoms with Crippen molar-refractivity contribution in [3.8, 4) is 10.6 Å². The Labute approximate surface area is 144 Å². The van der Waals surface area contributed by atoms with Gasteiger partial charge in [-0.05, 0) is 36.8 Å². The highest BCUT2D eigenvalue weighted by atomic mass is 32.2. The molecule has 2 heterocycles. The number of carbonyl (C=O) groups is 1. The maximum Gasteiger partial charge on any atom is 0.251 e. The molecule has 1 N–H and O–H groups in total. The second-order valence-corrected chi connectivity index (χ2v) is 7.25. The van der Waals surface area contributed by atoms with Gasteiger partial charge in [-0.15, -0.1) is 11.3 Å². The van der Waals surface area contributed by atoms with E-state index in [4.69, 9.17) is 0 Å². The molecule has 0 unspecified atom stereocenters. The first-order chi connectivity index (χ1) is 11.6. The van der Waals surface area contributed by atoms with Gasteiger partial charge >= 0.3 is 0 Å². The summed E-state index contributed by atoms with van der Waals surface area (Å²) in [4.78, 5) is 20.8. The largest absolute Gasteiger partial charge is 0.352 e. The number of hydrogen-bond acceptors (Lipinski definition) is 6. The summed E-state index contributed by atoms with van der Waals surface area (Å²) in [7, 11) is -2.39. The predicted molar refractivity (Wildman–Crippen MR) is 95.0 cm³/mol. The summed E-state index contributed by atoms with van der Waals surface area (Å²) in [5.74, 6) is -0.132. The lowest BCUT2D eigenvalue weighted by Crippen LogP contribution is -2.25. The normalized spacial score (nSPS) is 11.0. The van der Waals surface area contributed by atoms with Crippen LogP contribution in [0.5, 0.6) is 0 Å². The summed E-state index contributed by atoms with van der Waals surface area (Å²) in [5.41, 5.74) is 2.31. The molecule has 8 heteroatoms. The minimum absolute atomic E-state index is 0.0813. The molecular weight excluding hydrogens is 346 g/mol. The van der Waals surface area contributed by atoms with Gasteiger partial charge in [-0.3, -0.25) is 9.78 Å².